The molecule has 1 fully saturated rings. The number of imidazole rings is 1. The molecular weight excluding hydrogens is 485 g/mol. The summed E-state index contributed by atoms with van der Waals surface area (Å²) in [6.45, 7) is 4.02. The third-order valence-corrected chi connectivity index (χ3v) is 5.49. The largest absolute Gasteiger partial charge is 0.417 e. The number of pyridine rings is 1. The van der Waals surface area contributed by atoms with Crippen molar-refractivity contribution in [3.8, 4) is 23.1 Å². The van der Waals surface area contributed by atoms with E-state index in [9.17, 15) is 18.0 Å². The van der Waals surface area contributed by atoms with Crippen LogP contribution in [0.25, 0.3) is 16.9 Å². The van der Waals surface area contributed by atoms with Gasteiger partial charge in [-0.1, -0.05) is 18.1 Å². The first-order chi connectivity index (χ1) is 17.7. The van der Waals surface area contributed by atoms with E-state index in [1.807, 2.05) is 0 Å². The predicted octanol–water partition coefficient (Wildman–Crippen LogP) is 3.55. The van der Waals surface area contributed by atoms with Crippen LogP contribution in [0.2, 0.25) is 0 Å². The number of hydrogen-bond donors (Lipinski definition) is 1. The van der Waals surface area contributed by atoms with Crippen LogP contribution in [0.1, 0.15) is 27.2 Å². The number of benzene rings is 1. The van der Waals surface area contributed by atoms with E-state index in [1.165, 1.54) is 23.0 Å². The van der Waals surface area contributed by atoms with Crippen molar-refractivity contribution in [1.29, 1.82) is 0 Å². The maximum Gasteiger partial charge on any atom is 0.417 e. The summed E-state index contributed by atoms with van der Waals surface area (Å²) in [6, 6.07) is 9.92. The van der Waals surface area contributed by atoms with E-state index < -0.39 is 17.3 Å². The first kappa shape index (κ1) is 25.8. The smallest absolute Gasteiger partial charge is 0.384 e. The first-order valence-corrected chi connectivity index (χ1v) is 11.3. The molecule has 11 heteroatoms. The van der Waals surface area contributed by atoms with Crippen molar-refractivity contribution in [2.75, 3.05) is 39.1 Å². The van der Waals surface area contributed by atoms with Gasteiger partial charge in [0.25, 0.3) is 0 Å². The molecule has 0 amide bonds. The number of nitrogen functional groups attached to an aromatic ring is 1. The van der Waals surface area contributed by atoms with Gasteiger partial charge in [0, 0.05) is 36.0 Å². The average molecular weight is 509 g/mol. The number of rotatable bonds is 2. The number of nitrogens with zero attached hydrogens (tertiary/aromatic N) is 5. The molecule has 0 bridgehead atoms. The van der Waals surface area contributed by atoms with Gasteiger partial charge in [-0.25, -0.2) is 14.5 Å². The standard InChI is InChI=1S/C21H12F3N5O.C5H11NO/c22-21(23,24)17-10-14(2-3-15(17)12-30)18-5-6-20-27-11-16(29(20)28-18)4-1-13-7-8-26-19(25)9-13;1-6-2-4-7-5-3-6/h2-3,5-12H,(H2,25,26);2-5H2,1H3. The lowest BCUT2D eigenvalue weighted by molar-refractivity contribution is -0.137. The molecule has 0 unspecified atom stereocenters. The fourth-order valence-corrected chi connectivity index (χ4v) is 3.49. The molecule has 0 saturated carbocycles. The van der Waals surface area contributed by atoms with E-state index in [4.69, 9.17) is 10.5 Å². The number of fused-ring (bicyclic) bond motifs is 1. The molecule has 0 aliphatic carbocycles. The highest BCUT2D eigenvalue weighted by Crippen LogP contribution is 2.34. The molecule has 0 atom stereocenters. The highest BCUT2D eigenvalue weighted by atomic mass is 19.4. The summed E-state index contributed by atoms with van der Waals surface area (Å²) in [5, 5.41) is 4.37. The second-order valence-corrected chi connectivity index (χ2v) is 8.18. The molecule has 8 nitrogen and oxygen atoms in total. The van der Waals surface area contributed by atoms with Crippen molar-refractivity contribution >= 4 is 17.8 Å². The minimum Gasteiger partial charge on any atom is -0.384 e. The summed E-state index contributed by atoms with van der Waals surface area (Å²) < 4.78 is 46.3. The van der Waals surface area contributed by atoms with E-state index in [0.717, 1.165) is 38.4 Å². The van der Waals surface area contributed by atoms with Gasteiger partial charge in [-0.15, -0.1) is 0 Å². The Hall–Kier alpha value is -4.27. The maximum atomic E-state index is 13.3. The second kappa shape index (κ2) is 11.2. The van der Waals surface area contributed by atoms with Crippen LogP contribution in [0, 0.1) is 11.8 Å². The Morgan fingerprint density at radius 2 is 1.84 bits per heavy atom. The number of likely N-dealkylation sites (N-methyl/N-ethyl adjacent to an activating group) is 1. The van der Waals surface area contributed by atoms with Gasteiger partial charge in [0.15, 0.2) is 11.9 Å². The zero-order chi connectivity index (χ0) is 26.4. The number of aldehydes is 1. The molecule has 190 valence electrons. The first-order valence-electron chi connectivity index (χ1n) is 11.3. The number of morpholine rings is 1. The predicted molar refractivity (Wildman–Crippen MR) is 132 cm³/mol. The van der Waals surface area contributed by atoms with Gasteiger partial charge in [0.1, 0.15) is 11.5 Å². The molecule has 2 N–H and O–H groups in total. The third kappa shape index (κ3) is 6.49. The zero-order valence-corrected chi connectivity index (χ0v) is 19.9. The highest BCUT2D eigenvalue weighted by Gasteiger charge is 2.33. The van der Waals surface area contributed by atoms with Gasteiger partial charge in [0.2, 0.25) is 0 Å². The summed E-state index contributed by atoms with van der Waals surface area (Å²) in [7, 11) is 2.11. The lowest BCUT2D eigenvalue weighted by Crippen LogP contribution is -2.32. The summed E-state index contributed by atoms with van der Waals surface area (Å²) in [5.74, 6) is 6.18. The topological polar surface area (TPSA) is 98.6 Å². The fraction of sp³-hybridized carbons (Fsp3) is 0.231. The molecule has 4 heterocycles. The number of nitrogens with two attached hydrogens (primary N) is 1. The molecule has 1 aromatic carbocycles. The number of carbonyl (C=O) groups is 1. The number of alkyl halides is 3. The second-order valence-electron chi connectivity index (χ2n) is 8.18. The van der Waals surface area contributed by atoms with Crippen LogP contribution < -0.4 is 5.73 Å². The Balaban J connectivity index is 0.000000396. The molecule has 5 rings (SSSR count). The van der Waals surface area contributed by atoms with Crippen molar-refractivity contribution in [2.24, 2.45) is 0 Å². The van der Waals surface area contributed by atoms with Crippen LogP contribution in [0.3, 0.4) is 0 Å². The summed E-state index contributed by atoms with van der Waals surface area (Å²) >= 11 is 0. The maximum absolute atomic E-state index is 13.3. The van der Waals surface area contributed by atoms with Gasteiger partial charge in [0.05, 0.1) is 30.7 Å². The van der Waals surface area contributed by atoms with Crippen molar-refractivity contribution in [2.45, 2.75) is 6.18 Å². The SMILES string of the molecule is CN1CCOCC1.Nc1cc(C#Cc2cnc3ccc(-c4ccc(C=O)c(C(F)(F)F)c4)nn23)ccn1. The average Bonchev–Trinajstić information content (AvgIpc) is 3.30. The number of halogens is 3. The fourth-order valence-electron chi connectivity index (χ4n) is 3.49. The number of aromatic nitrogens is 4. The summed E-state index contributed by atoms with van der Waals surface area (Å²) in [4.78, 5) is 21.3. The Kier molecular flexibility index (Phi) is 7.81. The molecule has 0 spiro atoms. The van der Waals surface area contributed by atoms with Crippen LogP contribution in [0.4, 0.5) is 19.0 Å². The van der Waals surface area contributed by atoms with Crippen LogP contribution in [0.15, 0.2) is 54.9 Å². The molecule has 1 aliphatic heterocycles. The zero-order valence-electron chi connectivity index (χ0n) is 19.9. The minimum absolute atomic E-state index is 0.179. The lowest BCUT2D eigenvalue weighted by Gasteiger charge is -2.21. The van der Waals surface area contributed by atoms with Crippen LogP contribution in [0.5, 0.6) is 0 Å². The minimum atomic E-state index is -4.66. The van der Waals surface area contributed by atoms with Gasteiger partial charge in [-0.3, -0.25) is 4.79 Å². The van der Waals surface area contributed by atoms with E-state index >= 15 is 0 Å². The van der Waals surface area contributed by atoms with Crippen LogP contribution in [-0.4, -0.2) is 64.1 Å². The molecule has 3 aromatic heterocycles. The number of carbonyl (C=O) groups excluding carboxylic acids is 1. The molecule has 1 aliphatic rings. The Bertz CT molecular complexity index is 1470. The van der Waals surface area contributed by atoms with Gasteiger partial charge < -0.3 is 15.4 Å². The third-order valence-electron chi connectivity index (χ3n) is 5.49. The molecule has 0 radical (unpaired) electrons. The van der Waals surface area contributed by atoms with Crippen molar-refractivity contribution < 1.29 is 22.7 Å². The number of ether oxygens (including phenoxy) is 1. The van der Waals surface area contributed by atoms with Crippen LogP contribution in [-0.2, 0) is 10.9 Å². The van der Waals surface area contributed by atoms with Crippen molar-refractivity contribution in [3.05, 3.63) is 77.2 Å². The Labute approximate surface area is 210 Å². The summed E-state index contributed by atoms with van der Waals surface area (Å²) in [5.41, 5.74) is 6.25. The lowest BCUT2D eigenvalue weighted by atomic mass is 10.0. The van der Waals surface area contributed by atoms with Gasteiger partial charge in [-0.2, -0.15) is 18.3 Å². The monoisotopic (exact) mass is 508 g/mol. The number of hydrogen-bond acceptors (Lipinski definition) is 7. The van der Waals surface area contributed by atoms with Crippen molar-refractivity contribution in [1.82, 2.24) is 24.5 Å². The Morgan fingerprint density at radius 3 is 2.49 bits per heavy atom. The van der Waals surface area contributed by atoms with Gasteiger partial charge in [-0.05, 0) is 43.3 Å². The van der Waals surface area contributed by atoms with E-state index in [0.29, 0.717) is 22.7 Å². The summed E-state index contributed by atoms with van der Waals surface area (Å²) in [6.07, 6.45) is -1.43. The molecule has 1 saturated heterocycles. The van der Waals surface area contributed by atoms with Crippen LogP contribution >= 0.6 is 0 Å². The molecule has 37 heavy (non-hydrogen) atoms. The highest BCUT2D eigenvalue weighted by molar-refractivity contribution is 5.79. The van der Waals surface area contributed by atoms with E-state index in [-0.39, 0.29) is 17.5 Å². The number of anilines is 1. The van der Waals surface area contributed by atoms with Gasteiger partial charge >= 0.3 is 6.18 Å². The quantitative estimate of drug-likeness (QED) is 0.327. The normalized spacial score (nSPS) is 13.8. The van der Waals surface area contributed by atoms with E-state index in [2.05, 4.69) is 38.9 Å². The molecular formula is C26H23F3N6O2. The Morgan fingerprint density at radius 1 is 1.05 bits per heavy atom. The molecule has 4 aromatic rings. The van der Waals surface area contributed by atoms with E-state index in [1.54, 1.807) is 24.3 Å². The van der Waals surface area contributed by atoms with Crippen molar-refractivity contribution in [3.63, 3.8) is 0 Å².